The van der Waals surface area contributed by atoms with Gasteiger partial charge in [0.2, 0.25) is 0 Å². The van der Waals surface area contributed by atoms with E-state index in [1.165, 1.54) is 0 Å². The monoisotopic (exact) mass is 327 g/mol. The smallest absolute Gasteiger partial charge is 0.251 e. The van der Waals surface area contributed by atoms with E-state index in [0.717, 1.165) is 22.4 Å². The Labute approximate surface area is 140 Å². The Kier molecular flexibility index (Phi) is 4.09. The minimum atomic E-state index is -0.113. The molecule has 0 aliphatic rings. The Balaban J connectivity index is 1.81. The highest BCUT2D eigenvalue weighted by atomic mass is 35.5. The maximum Gasteiger partial charge on any atom is 0.251 e. The molecule has 1 atom stereocenters. The van der Waals surface area contributed by atoms with Crippen LogP contribution in [0.5, 0.6) is 0 Å². The van der Waals surface area contributed by atoms with Crippen molar-refractivity contribution in [3.63, 3.8) is 0 Å². The molecule has 0 saturated heterocycles. The molecule has 2 aromatic carbocycles. The fourth-order valence-corrected chi connectivity index (χ4v) is 2.70. The highest BCUT2D eigenvalue weighted by molar-refractivity contribution is 6.30. The number of rotatable bonds is 3. The SMILES string of the molecule is Cc1nc2cc(C(=O)NC(C)c3ccc(Cl)cc3)ccc2n1C. The van der Waals surface area contributed by atoms with Gasteiger partial charge in [-0.05, 0) is 49.7 Å². The van der Waals surface area contributed by atoms with Crippen LogP contribution in [-0.2, 0) is 7.05 Å². The van der Waals surface area contributed by atoms with Crippen LogP contribution in [-0.4, -0.2) is 15.5 Å². The van der Waals surface area contributed by atoms with Gasteiger partial charge in [-0.3, -0.25) is 4.79 Å². The fourth-order valence-electron chi connectivity index (χ4n) is 2.58. The number of hydrogen-bond donors (Lipinski definition) is 1. The second-order valence-corrected chi connectivity index (χ2v) is 6.10. The second-order valence-electron chi connectivity index (χ2n) is 5.67. The van der Waals surface area contributed by atoms with Gasteiger partial charge in [0, 0.05) is 17.6 Å². The Bertz CT molecular complexity index is 868. The summed E-state index contributed by atoms with van der Waals surface area (Å²) in [5.41, 5.74) is 3.47. The Morgan fingerprint density at radius 2 is 1.91 bits per heavy atom. The van der Waals surface area contributed by atoms with Crippen molar-refractivity contribution in [2.45, 2.75) is 19.9 Å². The van der Waals surface area contributed by atoms with Crippen LogP contribution in [0, 0.1) is 6.92 Å². The molecule has 1 heterocycles. The standard InChI is InChI=1S/C18H18ClN3O/c1-11(13-4-7-15(19)8-5-13)20-18(23)14-6-9-17-16(10-14)21-12(2)22(17)3/h4-11H,1-3H3,(H,20,23). The van der Waals surface area contributed by atoms with Crippen LogP contribution >= 0.6 is 11.6 Å². The van der Waals surface area contributed by atoms with Crippen molar-refractivity contribution in [2.24, 2.45) is 7.05 Å². The minimum Gasteiger partial charge on any atom is -0.346 e. The number of hydrogen-bond acceptors (Lipinski definition) is 2. The summed E-state index contributed by atoms with van der Waals surface area (Å²) in [5.74, 6) is 0.810. The average Bonchev–Trinajstić information content (AvgIpc) is 2.82. The van der Waals surface area contributed by atoms with Crippen LogP contribution in [0.25, 0.3) is 11.0 Å². The van der Waals surface area contributed by atoms with Crippen molar-refractivity contribution < 1.29 is 4.79 Å². The molecule has 118 valence electrons. The highest BCUT2D eigenvalue weighted by Crippen LogP contribution is 2.19. The number of carbonyl (C=O) groups excluding carboxylic acids is 1. The Morgan fingerprint density at radius 3 is 2.61 bits per heavy atom. The number of benzene rings is 2. The largest absolute Gasteiger partial charge is 0.346 e. The molecule has 3 rings (SSSR count). The first kappa shape index (κ1) is 15.6. The first-order valence-corrected chi connectivity index (χ1v) is 7.83. The summed E-state index contributed by atoms with van der Waals surface area (Å²) in [6.45, 7) is 3.90. The molecular formula is C18H18ClN3O. The van der Waals surface area contributed by atoms with E-state index in [-0.39, 0.29) is 11.9 Å². The summed E-state index contributed by atoms with van der Waals surface area (Å²) >= 11 is 5.89. The van der Waals surface area contributed by atoms with Gasteiger partial charge >= 0.3 is 0 Å². The van der Waals surface area contributed by atoms with Crippen LogP contribution in [0.1, 0.15) is 34.7 Å². The lowest BCUT2D eigenvalue weighted by atomic mass is 10.1. The van der Waals surface area contributed by atoms with E-state index >= 15 is 0 Å². The Hall–Kier alpha value is -2.33. The number of halogens is 1. The van der Waals surface area contributed by atoms with Crippen molar-refractivity contribution in [1.29, 1.82) is 0 Å². The molecule has 0 aliphatic carbocycles. The molecule has 0 bridgehead atoms. The van der Waals surface area contributed by atoms with E-state index in [1.54, 1.807) is 0 Å². The number of aryl methyl sites for hydroxylation is 2. The molecule has 0 fully saturated rings. The van der Waals surface area contributed by atoms with Crippen molar-refractivity contribution >= 4 is 28.5 Å². The molecule has 0 saturated carbocycles. The van der Waals surface area contributed by atoms with E-state index in [0.29, 0.717) is 10.6 Å². The normalized spacial score (nSPS) is 12.3. The highest BCUT2D eigenvalue weighted by Gasteiger charge is 2.13. The Morgan fingerprint density at radius 1 is 1.22 bits per heavy atom. The predicted octanol–water partition coefficient (Wildman–Crippen LogP) is 4.03. The van der Waals surface area contributed by atoms with Gasteiger partial charge in [-0.2, -0.15) is 0 Å². The summed E-state index contributed by atoms with van der Waals surface area (Å²) < 4.78 is 2.01. The summed E-state index contributed by atoms with van der Waals surface area (Å²) in [6, 6.07) is 13.0. The minimum absolute atomic E-state index is 0.0964. The maximum absolute atomic E-state index is 12.5. The van der Waals surface area contributed by atoms with Crippen molar-refractivity contribution in [1.82, 2.24) is 14.9 Å². The molecule has 0 aliphatic heterocycles. The van der Waals surface area contributed by atoms with Gasteiger partial charge in [0.1, 0.15) is 5.82 Å². The fraction of sp³-hybridized carbons (Fsp3) is 0.222. The second kappa shape index (κ2) is 6.05. The van der Waals surface area contributed by atoms with Crippen molar-refractivity contribution in [2.75, 3.05) is 0 Å². The van der Waals surface area contributed by atoms with E-state index in [9.17, 15) is 4.79 Å². The first-order chi connectivity index (χ1) is 11.0. The maximum atomic E-state index is 12.5. The molecule has 1 unspecified atom stereocenters. The molecule has 5 heteroatoms. The number of amides is 1. The van der Waals surface area contributed by atoms with Crippen molar-refractivity contribution in [3.05, 3.63) is 64.4 Å². The van der Waals surface area contributed by atoms with Gasteiger partial charge < -0.3 is 9.88 Å². The van der Waals surface area contributed by atoms with Gasteiger partial charge in [0.05, 0.1) is 17.1 Å². The molecule has 3 aromatic rings. The lowest BCUT2D eigenvalue weighted by Gasteiger charge is -2.14. The first-order valence-electron chi connectivity index (χ1n) is 7.45. The van der Waals surface area contributed by atoms with Crippen LogP contribution in [0.2, 0.25) is 5.02 Å². The van der Waals surface area contributed by atoms with Crippen LogP contribution in [0.15, 0.2) is 42.5 Å². The van der Waals surface area contributed by atoms with Crippen LogP contribution in [0.4, 0.5) is 0 Å². The van der Waals surface area contributed by atoms with Crippen molar-refractivity contribution in [3.8, 4) is 0 Å². The quantitative estimate of drug-likeness (QED) is 0.789. The average molecular weight is 328 g/mol. The number of fused-ring (bicyclic) bond motifs is 1. The third-order valence-electron chi connectivity index (χ3n) is 4.08. The number of nitrogens with one attached hydrogen (secondary N) is 1. The summed E-state index contributed by atoms with van der Waals surface area (Å²) in [5, 5.41) is 3.69. The third kappa shape index (κ3) is 3.08. The molecule has 1 N–H and O–H groups in total. The molecule has 0 radical (unpaired) electrons. The molecular weight excluding hydrogens is 310 g/mol. The predicted molar refractivity (Wildman–Crippen MR) is 92.8 cm³/mol. The number of imidazole rings is 1. The molecule has 23 heavy (non-hydrogen) atoms. The van der Waals surface area contributed by atoms with Gasteiger partial charge in [-0.1, -0.05) is 23.7 Å². The summed E-state index contributed by atoms with van der Waals surface area (Å²) in [6.07, 6.45) is 0. The number of nitrogens with zero attached hydrogens (tertiary/aromatic N) is 2. The lowest BCUT2D eigenvalue weighted by Crippen LogP contribution is -2.26. The molecule has 1 amide bonds. The number of carbonyl (C=O) groups is 1. The van der Waals surface area contributed by atoms with Gasteiger partial charge in [0.25, 0.3) is 5.91 Å². The van der Waals surface area contributed by atoms with Gasteiger partial charge in [-0.25, -0.2) is 4.98 Å². The zero-order valence-electron chi connectivity index (χ0n) is 13.3. The zero-order valence-corrected chi connectivity index (χ0v) is 14.1. The summed E-state index contributed by atoms with van der Waals surface area (Å²) in [4.78, 5) is 16.9. The van der Waals surface area contributed by atoms with Crippen LogP contribution in [0.3, 0.4) is 0 Å². The number of aromatic nitrogens is 2. The zero-order chi connectivity index (χ0) is 16.6. The third-order valence-corrected chi connectivity index (χ3v) is 4.34. The molecule has 0 spiro atoms. The van der Waals surface area contributed by atoms with Gasteiger partial charge in [-0.15, -0.1) is 0 Å². The molecule has 4 nitrogen and oxygen atoms in total. The van der Waals surface area contributed by atoms with E-state index in [2.05, 4.69) is 10.3 Å². The van der Waals surface area contributed by atoms with E-state index < -0.39 is 0 Å². The lowest BCUT2D eigenvalue weighted by molar-refractivity contribution is 0.0940. The summed E-state index contributed by atoms with van der Waals surface area (Å²) in [7, 11) is 1.97. The van der Waals surface area contributed by atoms with Crippen LogP contribution < -0.4 is 5.32 Å². The van der Waals surface area contributed by atoms with E-state index in [1.807, 2.05) is 67.9 Å². The van der Waals surface area contributed by atoms with E-state index in [4.69, 9.17) is 11.6 Å². The molecule has 1 aromatic heterocycles. The van der Waals surface area contributed by atoms with Gasteiger partial charge in [0.15, 0.2) is 0 Å². The topological polar surface area (TPSA) is 46.9 Å².